The van der Waals surface area contributed by atoms with Crippen molar-refractivity contribution in [3.8, 4) is 5.75 Å². The van der Waals surface area contributed by atoms with Crippen LogP contribution in [0.3, 0.4) is 0 Å². The lowest BCUT2D eigenvalue weighted by atomic mass is 9.92. The highest BCUT2D eigenvalue weighted by atomic mass is 79.9. The third-order valence-corrected chi connectivity index (χ3v) is 4.40. The fraction of sp³-hybridized carbons (Fsp3) is 0.533. The molecule has 1 fully saturated rings. The zero-order valence-electron chi connectivity index (χ0n) is 11.9. The molecule has 1 aliphatic heterocycles. The normalized spacial score (nSPS) is 22.7. The first-order valence-electron chi connectivity index (χ1n) is 6.91. The van der Waals surface area contributed by atoms with E-state index < -0.39 is 0 Å². The van der Waals surface area contributed by atoms with Crippen molar-refractivity contribution in [2.45, 2.75) is 25.8 Å². The summed E-state index contributed by atoms with van der Waals surface area (Å²) >= 11 is 3.39. The molecule has 0 saturated carbocycles. The highest BCUT2D eigenvalue weighted by Crippen LogP contribution is 2.28. The Balaban J connectivity index is 2.26. The quantitative estimate of drug-likeness (QED) is 0.920. The minimum Gasteiger partial charge on any atom is -0.496 e. The van der Waals surface area contributed by atoms with Crippen LogP contribution in [0.15, 0.2) is 22.7 Å². The lowest BCUT2D eigenvalue weighted by Crippen LogP contribution is -2.49. The van der Waals surface area contributed by atoms with Crippen LogP contribution in [0.2, 0.25) is 0 Å². The monoisotopic (exact) mass is 340 g/mol. The van der Waals surface area contributed by atoms with Crippen molar-refractivity contribution in [2.75, 3.05) is 20.2 Å². The molecule has 1 aromatic rings. The fourth-order valence-corrected chi connectivity index (χ4v) is 3.08. The van der Waals surface area contributed by atoms with Crippen LogP contribution in [0.5, 0.6) is 5.75 Å². The average Bonchev–Trinajstić information content (AvgIpc) is 2.46. The van der Waals surface area contributed by atoms with Crippen molar-refractivity contribution in [1.82, 2.24) is 4.90 Å². The van der Waals surface area contributed by atoms with E-state index in [9.17, 15) is 4.79 Å². The maximum absolute atomic E-state index is 12.7. The Hall–Kier alpha value is -1.07. The van der Waals surface area contributed by atoms with Crippen molar-refractivity contribution >= 4 is 21.8 Å². The number of benzene rings is 1. The summed E-state index contributed by atoms with van der Waals surface area (Å²) in [7, 11) is 1.58. The molecule has 5 heteroatoms. The molecule has 1 amide bonds. The Kier molecular flexibility index (Phi) is 5.05. The van der Waals surface area contributed by atoms with E-state index >= 15 is 0 Å². The third kappa shape index (κ3) is 3.15. The molecule has 0 radical (unpaired) electrons. The average molecular weight is 341 g/mol. The van der Waals surface area contributed by atoms with Gasteiger partial charge in [-0.05, 0) is 37.0 Å². The van der Waals surface area contributed by atoms with Crippen molar-refractivity contribution in [1.29, 1.82) is 0 Å². The zero-order valence-corrected chi connectivity index (χ0v) is 13.5. The van der Waals surface area contributed by atoms with Crippen LogP contribution in [0.25, 0.3) is 0 Å². The largest absolute Gasteiger partial charge is 0.496 e. The minimum atomic E-state index is 0.0108. The molecular weight excluding hydrogens is 320 g/mol. The molecule has 2 atom stereocenters. The van der Waals surface area contributed by atoms with Gasteiger partial charge >= 0.3 is 0 Å². The van der Waals surface area contributed by atoms with Crippen LogP contribution in [0.4, 0.5) is 0 Å². The van der Waals surface area contributed by atoms with Crippen molar-refractivity contribution in [2.24, 2.45) is 11.7 Å². The first kappa shape index (κ1) is 15.3. The first-order chi connectivity index (χ1) is 9.56. The van der Waals surface area contributed by atoms with Crippen LogP contribution in [0, 0.1) is 5.92 Å². The van der Waals surface area contributed by atoms with Gasteiger partial charge in [0.1, 0.15) is 5.75 Å². The molecule has 2 N–H and O–H groups in total. The summed E-state index contributed by atoms with van der Waals surface area (Å²) in [5.41, 5.74) is 6.43. The molecule has 110 valence electrons. The number of nitrogens with zero attached hydrogens (tertiary/aromatic N) is 1. The van der Waals surface area contributed by atoms with Gasteiger partial charge in [-0.1, -0.05) is 22.9 Å². The number of likely N-dealkylation sites (tertiary alicyclic amines) is 1. The van der Waals surface area contributed by atoms with Crippen LogP contribution in [-0.2, 0) is 0 Å². The van der Waals surface area contributed by atoms with E-state index in [1.165, 1.54) is 0 Å². The lowest BCUT2D eigenvalue weighted by molar-refractivity contribution is 0.0570. The Morgan fingerprint density at radius 1 is 1.55 bits per heavy atom. The Morgan fingerprint density at radius 2 is 2.30 bits per heavy atom. The van der Waals surface area contributed by atoms with Gasteiger partial charge in [0.2, 0.25) is 0 Å². The SMILES string of the molecule is COc1cc(Br)ccc1C(=O)N1CCC(C)CC1CN. The second-order valence-electron chi connectivity index (χ2n) is 5.36. The number of methoxy groups -OCH3 is 1. The van der Waals surface area contributed by atoms with Gasteiger partial charge in [0.05, 0.1) is 12.7 Å². The van der Waals surface area contributed by atoms with E-state index in [0.29, 0.717) is 23.8 Å². The van der Waals surface area contributed by atoms with Gasteiger partial charge in [0, 0.05) is 23.6 Å². The molecule has 20 heavy (non-hydrogen) atoms. The van der Waals surface area contributed by atoms with Gasteiger partial charge in [-0.3, -0.25) is 4.79 Å². The topological polar surface area (TPSA) is 55.6 Å². The molecule has 2 unspecified atom stereocenters. The van der Waals surface area contributed by atoms with Gasteiger partial charge in [-0.15, -0.1) is 0 Å². The number of halogens is 1. The van der Waals surface area contributed by atoms with Crippen molar-refractivity contribution < 1.29 is 9.53 Å². The van der Waals surface area contributed by atoms with Crippen LogP contribution < -0.4 is 10.5 Å². The predicted molar refractivity (Wildman–Crippen MR) is 83.0 cm³/mol. The zero-order chi connectivity index (χ0) is 14.7. The Bertz CT molecular complexity index is 493. The van der Waals surface area contributed by atoms with E-state index in [1.807, 2.05) is 17.0 Å². The van der Waals surface area contributed by atoms with E-state index in [-0.39, 0.29) is 11.9 Å². The molecule has 0 aliphatic carbocycles. The summed E-state index contributed by atoms with van der Waals surface area (Å²) in [6.07, 6.45) is 2.00. The smallest absolute Gasteiger partial charge is 0.257 e. The van der Waals surface area contributed by atoms with Crippen molar-refractivity contribution in [3.63, 3.8) is 0 Å². The van der Waals surface area contributed by atoms with Crippen molar-refractivity contribution in [3.05, 3.63) is 28.2 Å². The molecule has 1 aromatic carbocycles. The number of hydrogen-bond acceptors (Lipinski definition) is 3. The van der Waals surface area contributed by atoms with Crippen LogP contribution in [0.1, 0.15) is 30.1 Å². The predicted octanol–water partition coefficient (Wildman–Crippen LogP) is 2.66. The Morgan fingerprint density at radius 3 is 2.95 bits per heavy atom. The molecule has 0 spiro atoms. The first-order valence-corrected chi connectivity index (χ1v) is 7.70. The van der Waals surface area contributed by atoms with E-state index in [4.69, 9.17) is 10.5 Å². The summed E-state index contributed by atoms with van der Waals surface area (Å²) in [6, 6.07) is 5.60. The Labute approximate surface area is 128 Å². The summed E-state index contributed by atoms with van der Waals surface area (Å²) < 4.78 is 6.22. The maximum atomic E-state index is 12.7. The molecule has 1 heterocycles. The number of carbonyl (C=O) groups is 1. The molecular formula is C15H21BrN2O2. The van der Waals surface area contributed by atoms with E-state index in [1.54, 1.807) is 13.2 Å². The highest BCUT2D eigenvalue weighted by molar-refractivity contribution is 9.10. The van der Waals surface area contributed by atoms with Crippen LogP contribution >= 0.6 is 15.9 Å². The molecule has 4 nitrogen and oxygen atoms in total. The summed E-state index contributed by atoms with van der Waals surface area (Å²) in [5.74, 6) is 1.23. The van der Waals surface area contributed by atoms with E-state index in [2.05, 4.69) is 22.9 Å². The minimum absolute atomic E-state index is 0.0108. The number of carbonyl (C=O) groups excluding carboxylic acids is 1. The number of ether oxygens (including phenoxy) is 1. The summed E-state index contributed by atoms with van der Waals surface area (Å²) in [5, 5.41) is 0. The molecule has 1 aliphatic rings. The number of hydrogen-bond donors (Lipinski definition) is 1. The van der Waals surface area contributed by atoms with Gasteiger partial charge in [0.15, 0.2) is 0 Å². The van der Waals surface area contributed by atoms with Gasteiger partial charge in [0.25, 0.3) is 5.91 Å². The molecule has 2 rings (SSSR count). The standard InChI is InChI=1S/C15H21BrN2O2/c1-10-5-6-18(12(7-10)9-17)15(19)13-4-3-11(16)8-14(13)20-2/h3-4,8,10,12H,5-7,9,17H2,1-2H3. The highest BCUT2D eigenvalue weighted by Gasteiger charge is 2.30. The number of nitrogens with two attached hydrogens (primary N) is 1. The molecule has 0 aromatic heterocycles. The fourth-order valence-electron chi connectivity index (χ4n) is 2.74. The second-order valence-corrected chi connectivity index (χ2v) is 6.28. The van der Waals surface area contributed by atoms with E-state index in [0.717, 1.165) is 23.9 Å². The number of rotatable bonds is 3. The number of amides is 1. The summed E-state index contributed by atoms with van der Waals surface area (Å²) in [6.45, 7) is 3.49. The lowest BCUT2D eigenvalue weighted by Gasteiger charge is -2.38. The van der Waals surface area contributed by atoms with Gasteiger partial charge in [-0.2, -0.15) is 0 Å². The molecule has 1 saturated heterocycles. The molecule has 0 bridgehead atoms. The second kappa shape index (κ2) is 6.59. The third-order valence-electron chi connectivity index (χ3n) is 3.90. The van der Waals surface area contributed by atoms with Gasteiger partial charge < -0.3 is 15.4 Å². The summed E-state index contributed by atoms with van der Waals surface area (Å²) in [4.78, 5) is 14.6. The number of piperidine rings is 1. The van der Waals surface area contributed by atoms with Gasteiger partial charge in [-0.25, -0.2) is 0 Å². The van der Waals surface area contributed by atoms with Crippen LogP contribution in [-0.4, -0.2) is 37.0 Å². The maximum Gasteiger partial charge on any atom is 0.257 e.